The van der Waals surface area contributed by atoms with E-state index in [-0.39, 0.29) is 29.5 Å². The maximum Gasteiger partial charge on any atom is 0.267 e. The summed E-state index contributed by atoms with van der Waals surface area (Å²) in [5.41, 5.74) is 0. The molecule has 0 amide bonds. The van der Waals surface area contributed by atoms with E-state index in [1.54, 1.807) is 43.2 Å². The second-order valence-corrected chi connectivity index (χ2v) is 14.3. The first kappa shape index (κ1) is 23.2. The van der Waals surface area contributed by atoms with Crippen molar-refractivity contribution >= 4 is 63.1 Å². The van der Waals surface area contributed by atoms with Crippen molar-refractivity contribution in [1.29, 1.82) is 0 Å². The minimum Gasteiger partial charge on any atom is -0.379 e. The van der Waals surface area contributed by atoms with Crippen molar-refractivity contribution in [2.75, 3.05) is 55.7 Å². The van der Waals surface area contributed by atoms with Crippen molar-refractivity contribution in [3.63, 3.8) is 0 Å². The summed E-state index contributed by atoms with van der Waals surface area (Å²) in [5, 5.41) is 0.473. The average molecular weight is 459 g/mol. The van der Waals surface area contributed by atoms with Gasteiger partial charge >= 0.3 is 0 Å². The Hall–Kier alpha value is 1.18. The van der Waals surface area contributed by atoms with Crippen LogP contribution in [0.2, 0.25) is 0 Å². The van der Waals surface area contributed by atoms with Gasteiger partial charge in [0, 0.05) is 28.3 Å². The van der Waals surface area contributed by atoms with Gasteiger partial charge < -0.3 is 9.47 Å². The van der Waals surface area contributed by atoms with E-state index in [4.69, 9.17) is 14.0 Å². The normalized spacial score (nSPS) is 23.6. The molecule has 1 fully saturated rings. The molecule has 0 aromatic rings. The predicted molar refractivity (Wildman–Crippen MR) is 105 cm³/mol. The second-order valence-electron chi connectivity index (χ2n) is 5.07. The van der Waals surface area contributed by atoms with Gasteiger partial charge in [-0.2, -0.15) is 8.42 Å². The van der Waals surface area contributed by atoms with Gasteiger partial charge in [-0.05, 0) is 0 Å². The van der Waals surface area contributed by atoms with E-state index in [1.807, 2.05) is 0 Å². The highest BCUT2D eigenvalue weighted by Gasteiger charge is 2.20. The van der Waals surface area contributed by atoms with Crippen LogP contribution in [0, 0.1) is 0 Å². The Bertz CT molecular complexity index is 499. The lowest BCUT2D eigenvalue weighted by molar-refractivity contribution is 0.152. The van der Waals surface area contributed by atoms with Crippen molar-refractivity contribution in [3.8, 4) is 0 Å². The van der Waals surface area contributed by atoms with Crippen LogP contribution >= 0.6 is 43.2 Å². The van der Waals surface area contributed by atoms with E-state index in [9.17, 15) is 16.8 Å². The third-order valence-corrected chi connectivity index (χ3v) is 10.4. The molecule has 24 heavy (non-hydrogen) atoms. The maximum atomic E-state index is 11.0. The highest BCUT2D eigenvalue weighted by Crippen LogP contribution is 2.41. The van der Waals surface area contributed by atoms with E-state index in [2.05, 4.69) is 0 Å². The molecular weight excluding hydrogens is 437 g/mol. The van der Waals surface area contributed by atoms with Gasteiger partial charge in [0.25, 0.3) is 10.1 Å². The smallest absolute Gasteiger partial charge is 0.267 e. The molecule has 144 valence electrons. The van der Waals surface area contributed by atoms with Crippen molar-refractivity contribution in [3.05, 3.63) is 0 Å². The van der Waals surface area contributed by atoms with Crippen LogP contribution in [-0.2, 0) is 29.4 Å². The zero-order valence-electron chi connectivity index (χ0n) is 13.2. The fourth-order valence-corrected chi connectivity index (χ4v) is 8.68. The Kier molecular flexibility index (Phi) is 11.4. The van der Waals surface area contributed by atoms with Gasteiger partial charge in [-0.3, -0.25) is 4.55 Å². The molecule has 1 saturated heterocycles. The van der Waals surface area contributed by atoms with Gasteiger partial charge in [0.05, 0.1) is 37.9 Å². The molecule has 0 radical (unpaired) electrons. The van der Waals surface area contributed by atoms with Crippen LogP contribution in [0.5, 0.6) is 0 Å². The van der Waals surface area contributed by atoms with Crippen LogP contribution in [0.3, 0.4) is 0 Å². The summed E-state index contributed by atoms with van der Waals surface area (Å²) in [5.74, 6) is 1.44. The molecule has 0 aliphatic carbocycles. The van der Waals surface area contributed by atoms with E-state index < -0.39 is 25.7 Å². The highest BCUT2D eigenvalue weighted by molar-refractivity contribution is 8.80. The second kappa shape index (κ2) is 11.8. The number of sulfone groups is 1. The summed E-state index contributed by atoms with van der Waals surface area (Å²) in [7, 11) is -0.140. The van der Waals surface area contributed by atoms with E-state index in [0.717, 1.165) is 11.5 Å². The largest absolute Gasteiger partial charge is 0.379 e. The zero-order valence-corrected chi connectivity index (χ0v) is 18.1. The van der Waals surface area contributed by atoms with Gasteiger partial charge in [-0.1, -0.05) is 43.2 Å². The molecule has 1 rings (SSSR count). The lowest BCUT2D eigenvalue weighted by Crippen LogP contribution is -2.22. The van der Waals surface area contributed by atoms with E-state index in [1.165, 1.54) is 6.26 Å². The lowest BCUT2D eigenvalue weighted by atomic mass is 10.5. The monoisotopic (exact) mass is 458 g/mol. The average Bonchev–Trinajstić information content (AvgIpc) is 2.41. The van der Waals surface area contributed by atoms with Crippen LogP contribution in [0.25, 0.3) is 0 Å². The zero-order chi connectivity index (χ0) is 18.1. The molecule has 2 atom stereocenters. The summed E-state index contributed by atoms with van der Waals surface area (Å²) in [6.45, 7) is 1.11. The maximum absolute atomic E-state index is 11.0. The molecule has 0 bridgehead atoms. The molecule has 1 N–H and O–H groups in total. The van der Waals surface area contributed by atoms with Gasteiger partial charge in [0.1, 0.15) is 9.84 Å². The molecule has 1 aliphatic rings. The molecule has 1 aliphatic heterocycles. The Morgan fingerprint density at radius 2 is 1.38 bits per heavy atom. The van der Waals surface area contributed by atoms with Crippen LogP contribution < -0.4 is 0 Å². The van der Waals surface area contributed by atoms with Crippen LogP contribution in [0.4, 0.5) is 0 Å². The molecular formula is C11H22O7S6. The van der Waals surface area contributed by atoms with Gasteiger partial charge in [0.15, 0.2) is 0 Å². The van der Waals surface area contributed by atoms with Crippen LogP contribution in [0.1, 0.15) is 0 Å². The topological polar surface area (TPSA) is 107 Å². The third-order valence-electron chi connectivity index (χ3n) is 2.61. The van der Waals surface area contributed by atoms with Crippen LogP contribution in [0.15, 0.2) is 0 Å². The Morgan fingerprint density at radius 3 is 1.79 bits per heavy atom. The third kappa shape index (κ3) is 13.4. The summed E-state index contributed by atoms with van der Waals surface area (Å²) in [4.78, 5) is 0. The summed E-state index contributed by atoms with van der Waals surface area (Å²) in [6.07, 6.45) is 1.19. The van der Waals surface area contributed by atoms with Crippen molar-refractivity contribution in [1.82, 2.24) is 0 Å². The minimum absolute atomic E-state index is 0.0175. The molecule has 0 spiro atoms. The number of ether oxygens (including phenoxy) is 2. The standard InChI is InChI=1S/C11H22O7S6/c1-23(12,13)4-2-17-6-10-8-19-20-9-11(22-21-10)7-18-3-5-24(14,15)16/h10-11H,2-9H2,1H3,(H,14,15,16). The number of hydrogen-bond donors (Lipinski definition) is 1. The Labute approximate surface area is 159 Å². The Balaban J connectivity index is 2.22. The van der Waals surface area contributed by atoms with E-state index in [0.29, 0.717) is 13.2 Å². The molecule has 2 unspecified atom stereocenters. The first-order valence-corrected chi connectivity index (χ1v) is 15.4. The van der Waals surface area contributed by atoms with Gasteiger partial charge in [-0.25, -0.2) is 8.42 Å². The summed E-state index contributed by atoms with van der Waals surface area (Å²) in [6, 6.07) is 0. The van der Waals surface area contributed by atoms with Crippen molar-refractivity contribution < 1.29 is 30.9 Å². The van der Waals surface area contributed by atoms with Crippen molar-refractivity contribution in [2.45, 2.75) is 10.5 Å². The molecule has 0 aromatic heterocycles. The van der Waals surface area contributed by atoms with Gasteiger partial charge in [-0.15, -0.1) is 0 Å². The fraction of sp³-hybridized carbons (Fsp3) is 1.00. The predicted octanol–water partition coefficient (Wildman–Crippen LogP) is 1.47. The molecule has 13 heteroatoms. The van der Waals surface area contributed by atoms with Gasteiger partial charge in [0.2, 0.25) is 0 Å². The highest BCUT2D eigenvalue weighted by atomic mass is 33.1. The first-order chi connectivity index (χ1) is 11.2. The fourth-order valence-electron chi connectivity index (χ4n) is 1.42. The van der Waals surface area contributed by atoms with Crippen LogP contribution in [-0.4, -0.2) is 87.6 Å². The summed E-state index contributed by atoms with van der Waals surface area (Å²) < 4.78 is 62.8. The number of rotatable bonds is 10. The molecule has 0 aromatic carbocycles. The summed E-state index contributed by atoms with van der Waals surface area (Å²) >= 11 is 0. The Morgan fingerprint density at radius 1 is 0.917 bits per heavy atom. The molecule has 1 heterocycles. The van der Waals surface area contributed by atoms with E-state index >= 15 is 0 Å². The lowest BCUT2D eigenvalue weighted by Gasteiger charge is -2.23. The molecule has 7 nitrogen and oxygen atoms in total. The quantitative estimate of drug-likeness (QED) is 0.292. The van der Waals surface area contributed by atoms with Crippen molar-refractivity contribution in [2.24, 2.45) is 0 Å². The SMILES string of the molecule is CS(=O)(=O)CCOCC1CSSCC(COCCS(=O)(=O)O)SS1. The minimum atomic E-state index is -3.98. The first-order valence-electron chi connectivity index (χ1n) is 7.00. The molecule has 0 saturated carbocycles. The number of hydrogen-bond acceptors (Lipinski definition) is 10.